The summed E-state index contributed by atoms with van der Waals surface area (Å²) in [6.45, 7) is 6.20. The van der Waals surface area contributed by atoms with Crippen LogP contribution < -0.4 is 0 Å². The Morgan fingerprint density at radius 3 is 2.00 bits per heavy atom. The summed E-state index contributed by atoms with van der Waals surface area (Å²) >= 11 is 0. The van der Waals surface area contributed by atoms with Crippen molar-refractivity contribution < 1.29 is 50.3 Å². The lowest BCUT2D eigenvalue weighted by Gasteiger charge is -2.71. The van der Waals surface area contributed by atoms with Gasteiger partial charge < -0.3 is 19.5 Å². The Balaban J connectivity index is 1.93. The van der Waals surface area contributed by atoms with E-state index in [1.165, 1.54) is 0 Å². The second-order valence-corrected chi connectivity index (χ2v) is 13.1. The monoisotopic (exact) mass is 559 g/mol. The molecule has 4 aliphatic rings. The van der Waals surface area contributed by atoms with E-state index < -0.39 is 68.2 Å². The third-order valence-electron chi connectivity index (χ3n) is 10.2. The Labute approximate surface area is 216 Å². The van der Waals surface area contributed by atoms with Gasteiger partial charge in [-0.25, -0.2) is 8.42 Å². The molecule has 0 amide bonds. The first-order valence-electron chi connectivity index (χ1n) is 13.2. The maximum atomic E-state index is 13.9. The molecule has 4 saturated carbocycles. The Hall–Kier alpha value is -0.980. The van der Waals surface area contributed by atoms with Crippen LogP contribution >= 0.6 is 0 Å². The van der Waals surface area contributed by atoms with E-state index in [1.807, 2.05) is 13.8 Å². The largest absolute Gasteiger partial charge is 0.743 e. The number of halogens is 4. The molecule has 37 heavy (non-hydrogen) atoms. The minimum atomic E-state index is -6.64. The van der Waals surface area contributed by atoms with Crippen LogP contribution in [0.4, 0.5) is 17.6 Å². The Kier molecular flexibility index (Phi) is 7.92. The maximum Gasteiger partial charge on any atom is 0.396 e. The van der Waals surface area contributed by atoms with Crippen molar-refractivity contribution in [3.8, 4) is 0 Å². The SMILES string of the molecule is CCC(O)(CC)C12CC3CC(C1)C(C(=O)OCCC(F)(F)C(F)(F)S(=O)(=O)[O-])C(C(O)(CC)CC)(C3)C2. The van der Waals surface area contributed by atoms with Crippen LogP contribution in [0.3, 0.4) is 0 Å². The van der Waals surface area contributed by atoms with Gasteiger partial charge in [0.15, 0.2) is 10.1 Å². The summed E-state index contributed by atoms with van der Waals surface area (Å²) in [5.41, 5.74) is -3.85. The fraction of sp³-hybridized carbons (Fsp3) is 0.960. The van der Waals surface area contributed by atoms with Crippen molar-refractivity contribution in [2.24, 2.45) is 28.6 Å². The van der Waals surface area contributed by atoms with Gasteiger partial charge in [0, 0.05) is 10.8 Å². The Morgan fingerprint density at radius 1 is 0.973 bits per heavy atom. The first kappa shape index (κ1) is 30.6. The molecule has 2 N–H and O–H groups in total. The number of hydrogen-bond donors (Lipinski definition) is 2. The summed E-state index contributed by atoms with van der Waals surface area (Å²) in [7, 11) is -6.64. The lowest BCUT2D eigenvalue weighted by atomic mass is 9.34. The van der Waals surface area contributed by atoms with E-state index in [4.69, 9.17) is 4.74 Å². The van der Waals surface area contributed by atoms with Crippen LogP contribution in [0, 0.1) is 28.6 Å². The molecule has 4 rings (SSSR count). The van der Waals surface area contributed by atoms with E-state index in [1.54, 1.807) is 13.8 Å². The van der Waals surface area contributed by atoms with Crippen LogP contribution in [0.5, 0.6) is 0 Å². The molecule has 0 heterocycles. The first-order valence-corrected chi connectivity index (χ1v) is 14.6. The van der Waals surface area contributed by atoms with E-state index in [2.05, 4.69) is 0 Å². The number of ether oxygens (including phenoxy) is 1. The molecule has 7 nitrogen and oxygen atoms in total. The molecule has 4 bridgehead atoms. The molecule has 0 spiro atoms. The topological polar surface area (TPSA) is 124 Å². The highest BCUT2D eigenvalue weighted by Crippen LogP contribution is 2.74. The van der Waals surface area contributed by atoms with Gasteiger partial charge >= 0.3 is 17.1 Å². The zero-order chi connectivity index (χ0) is 28.3. The van der Waals surface area contributed by atoms with Gasteiger partial charge in [0.05, 0.1) is 30.1 Å². The smallest absolute Gasteiger partial charge is 0.396 e. The van der Waals surface area contributed by atoms with E-state index in [0.29, 0.717) is 51.4 Å². The van der Waals surface area contributed by atoms with Gasteiger partial charge in [-0.15, -0.1) is 0 Å². The molecule has 5 atom stereocenters. The molecule has 4 fully saturated rings. The number of hydrogen-bond acceptors (Lipinski definition) is 7. The minimum Gasteiger partial charge on any atom is -0.743 e. The van der Waals surface area contributed by atoms with Crippen molar-refractivity contribution in [2.45, 2.75) is 114 Å². The maximum absolute atomic E-state index is 13.9. The van der Waals surface area contributed by atoms with Crippen molar-refractivity contribution in [2.75, 3.05) is 6.61 Å². The zero-order valence-electron chi connectivity index (χ0n) is 21.9. The average molecular weight is 560 g/mol. The van der Waals surface area contributed by atoms with Crippen molar-refractivity contribution in [1.82, 2.24) is 0 Å². The third-order valence-corrected chi connectivity index (χ3v) is 11.2. The molecule has 0 radical (unpaired) electrons. The van der Waals surface area contributed by atoms with Gasteiger partial charge in [-0.2, -0.15) is 17.6 Å². The highest BCUT2D eigenvalue weighted by atomic mass is 32.2. The second-order valence-electron chi connectivity index (χ2n) is 11.6. The molecule has 0 aliphatic heterocycles. The quantitative estimate of drug-likeness (QED) is 0.203. The normalized spacial score (nSPS) is 32.6. The molecule has 5 unspecified atom stereocenters. The first-order chi connectivity index (χ1) is 16.8. The highest BCUT2D eigenvalue weighted by molar-refractivity contribution is 7.86. The van der Waals surface area contributed by atoms with Crippen molar-refractivity contribution >= 4 is 16.1 Å². The molecule has 4 aliphatic carbocycles. The second kappa shape index (κ2) is 9.59. The number of aliphatic hydroxyl groups is 2. The van der Waals surface area contributed by atoms with Crippen LogP contribution in [0.1, 0.15) is 91.9 Å². The molecule has 0 aromatic carbocycles. The zero-order valence-corrected chi connectivity index (χ0v) is 22.7. The number of alkyl halides is 4. The van der Waals surface area contributed by atoms with Crippen molar-refractivity contribution in [3.63, 3.8) is 0 Å². The lowest BCUT2D eigenvalue weighted by Crippen LogP contribution is -2.71. The third kappa shape index (κ3) is 4.41. The van der Waals surface area contributed by atoms with E-state index >= 15 is 0 Å². The van der Waals surface area contributed by atoms with E-state index in [-0.39, 0.29) is 11.8 Å². The van der Waals surface area contributed by atoms with Crippen LogP contribution in [0.15, 0.2) is 0 Å². The van der Waals surface area contributed by atoms with Crippen LogP contribution in [-0.2, 0) is 19.6 Å². The molecule has 0 aromatic rings. The molecular formula is C25H39F4O7S-. The summed E-state index contributed by atoms with van der Waals surface area (Å²) in [6.07, 6.45) is 2.51. The van der Waals surface area contributed by atoms with Crippen LogP contribution in [-0.4, -0.2) is 58.1 Å². The minimum absolute atomic E-state index is 0.149. The van der Waals surface area contributed by atoms with E-state index in [0.717, 1.165) is 6.42 Å². The van der Waals surface area contributed by atoms with Gasteiger partial charge in [-0.1, -0.05) is 27.7 Å². The van der Waals surface area contributed by atoms with Crippen molar-refractivity contribution in [3.05, 3.63) is 0 Å². The molecule has 216 valence electrons. The average Bonchev–Trinajstić information content (AvgIpc) is 2.81. The van der Waals surface area contributed by atoms with Gasteiger partial charge in [-0.3, -0.25) is 4.79 Å². The molecule has 0 aromatic heterocycles. The summed E-state index contributed by atoms with van der Waals surface area (Å²) < 4.78 is 91.9. The number of carbonyl (C=O) groups is 1. The molecular weight excluding hydrogens is 520 g/mol. The molecule has 0 saturated heterocycles. The van der Waals surface area contributed by atoms with Gasteiger partial charge in [0.2, 0.25) is 0 Å². The Morgan fingerprint density at radius 2 is 1.51 bits per heavy atom. The summed E-state index contributed by atoms with van der Waals surface area (Å²) in [4.78, 5) is 13.4. The predicted octanol–water partition coefficient (Wildman–Crippen LogP) is 4.61. The summed E-state index contributed by atoms with van der Waals surface area (Å²) in [6, 6.07) is 0. The summed E-state index contributed by atoms with van der Waals surface area (Å²) in [5, 5.41) is 17.7. The van der Waals surface area contributed by atoms with Gasteiger partial charge in [0.1, 0.15) is 0 Å². The predicted molar refractivity (Wildman–Crippen MR) is 125 cm³/mol. The van der Waals surface area contributed by atoms with Gasteiger partial charge in [0.25, 0.3) is 0 Å². The van der Waals surface area contributed by atoms with Gasteiger partial charge in [-0.05, 0) is 69.6 Å². The van der Waals surface area contributed by atoms with E-state index in [9.17, 15) is 45.5 Å². The molecule has 12 heteroatoms. The fourth-order valence-corrected chi connectivity index (χ4v) is 8.89. The Bertz CT molecular complexity index is 980. The fourth-order valence-electron chi connectivity index (χ4n) is 8.42. The number of rotatable bonds is 12. The van der Waals surface area contributed by atoms with Crippen molar-refractivity contribution in [1.29, 1.82) is 0 Å². The summed E-state index contributed by atoms with van der Waals surface area (Å²) in [5.74, 6) is -7.17. The number of esters is 1. The van der Waals surface area contributed by atoms with Crippen LogP contribution in [0.2, 0.25) is 0 Å². The number of carbonyl (C=O) groups excluding carboxylic acids is 1. The standard InChI is InChI=1S/C25H40F4O7S/c1-5-22(31,6-2)20-12-16-11-17(14-20)18(21(13-16,15-20)23(32,7-3)8-4)19(30)36-10-9-24(26,27)25(28,29)37(33,34)35/h16-18,31-32H,5-15H2,1-4H3,(H,33,34,35)/p-1. The lowest BCUT2D eigenvalue weighted by molar-refractivity contribution is -0.281. The highest BCUT2D eigenvalue weighted by Gasteiger charge is 2.73. The van der Waals surface area contributed by atoms with Crippen LogP contribution in [0.25, 0.3) is 0 Å².